The molecule has 2 rings (SSSR count). The van der Waals surface area contributed by atoms with E-state index in [1.807, 2.05) is 38.1 Å². The summed E-state index contributed by atoms with van der Waals surface area (Å²) in [6, 6.07) is 10.3. The number of aryl methyl sites for hydroxylation is 1. The summed E-state index contributed by atoms with van der Waals surface area (Å²) in [7, 11) is 0.245. The molecule has 0 saturated carbocycles. The highest BCUT2D eigenvalue weighted by Crippen LogP contribution is 2.19. The normalized spacial score (nSPS) is 12.3. The molecule has 0 aliphatic rings. The molecule has 2 N–H and O–H groups in total. The third kappa shape index (κ3) is 5.80. The number of nitrogens with zero attached hydrogens (tertiary/aromatic N) is 1. The number of carbonyl (C=O) groups is 1. The molecule has 1 unspecified atom stereocenters. The van der Waals surface area contributed by atoms with Crippen LogP contribution in [0.2, 0.25) is 0 Å². The minimum Gasteiger partial charge on any atom is -0.483 e. The van der Waals surface area contributed by atoms with E-state index >= 15 is 0 Å². The van der Waals surface area contributed by atoms with E-state index in [9.17, 15) is 8.42 Å². The van der Waals surface area contributed by atoms with Gasteiger partial charge in [-0.1, -0.05) is 12.1 Å². The van der Waals surface area contributed by atoms with Crippen LogP contribution in [0.5, 0.6) is 0 Å². The van der Waals surface area contributed by atoms with Crippen LogP contribution >= 0.6 is 0 Å². The van der Waals surface area contributed by atoms with Crippen LogP contribution in [0.1, 0.15) is 17.4 Å². The molecule has 0 radical (unpaired) electrons. The van der Waals surface area contributed by atoms with Crippen molar-refractivity contribution in [3.8, 4) is 0 Å². The fourth-order valence-electron chi connectivity index (χ4n) is 2.07. The highest BCUT2D eigenvalue weighted by molar-refractivity contribution is 7.89. The van der Waals surface area contributed by atoms with Crippen molar-refractivity contribution < 1.29 is 22.7 Å². The molecule has 0 fully saturated rings. The second-order valence-electron chi connectivity index (χ2n) is 5.27. The van der Waals surface area contributed by atoms with Gasteiger partial charge in [0.1, 0.15) is 5.76 Å². The van der Waals surface area contributed by atoms with E-state index in [0.29, 0.717) is 0 Å². The Morgan fingerprint density at radius 2 is 1.96 bits per heavy atom. The summed E-state index contributed by atoms with van der Waals surface area (Å²) >= 11 is 0. The second kappa shape index (κ2) is 9.21. The highest BCUT2D eigenvalue weighted by atomic mass is 32.2. The maximum atomic E-state index is 12.3. The van der Waals surface area contributed by atoms with Crippen molar-refractivity contribution in [2.45, 2.75) is 17.9 Å². The molecular weight excluding hydrogens is 332 g/mol. The topological polar surface area (TPSA) is 99.9 Å². The molecule has 2 aromatic rings. The van der Waals surface area contributed by atoms with E-state index in [2.05, 4.69) is 4.72 Å². The van der Waals surface area contributed by atoms with E-state index in [1.54, 1.807) is 30.5 Å². The van der Waals surface area contributed by atoms with Crippen molar-refractivity contribution in [2.75, 3.05) is 20.6 Å². The average Bonchev–Trinajstić information content (AvgIpc) is 3.02. The van der Waals surface area contributed by atoms with Gasteiger partial charge in [0, 0.05) is 6.54 Å². The molecule has 0 saturated heterocycles. The molecule has 8 heteroatoms. The summed E-state index contributed by atoms with van der Waals surface area (Å²) in [5.41, 5.74) is 0.910. The van der Waals surface area contributed by atoms with Crippen LogP contribution in [0.3, 0.4) is 0 Å². The van der Waals surface area contributed by atoms with Gasteiger partial charge in [-0.15, -0.1) is 0 Å². The predicted molar refractivity (Wildman–Crippen MR) is 90.2 cm³/mol. The van der Waals surface area contributed by atoms with E-state index in [1.165, 1.54) is 0 Å². The van der Waals surface area contributed by atoms with Gasteiger partial charge in [0.2, 0.25) is 10.0 Å². The molecule has 0 spiro atoms. The molecule has 0 aliphatic heterocycles. The van der Waals surface area contributed by atoms with E-state index in [4.69, 9.17) is 14.3 Å². The Hall–Kier alpha value is -2.16. The molecule has 1 aromatic heterocycles. The fraction of sp³-hybridized carbons (Fsp3) is 0.312. The smallest absolute Gasteiger partial charge is 0.290 e. The monoisotopic (exact) mass is 354 g/mol. The van der Waals surface area contributed by atoms with Crippen LogP contribution in [0.4, 0.5) is 0 Å². The van der Waals surface area contributed by atoms with Crippen molar-refractivity contribution in [1.82, 2.24) is 9.62 Å². The lowest BCUT2D eigenvalue weighted by molar-refractivity contribution is -0.122. The zero-order chi connectivity index (χ0) is 18.2. The first-order chi connectivity index (χ1) is 11.3. The van der Waals surface area contributed by atoms with Crippen molar-refractivity contribution in [2.24, 2.45) is 0 Å². The first kappa shape index (κ1) is 19.9. The summed E-state index contributed by atoms with van der Waals surface area (Å²) < 4.78 is 32.7. The van der Waals surface area contributed by atoms with Gasteiger partial charge in [-0.3, -0.25) is 9.69 Å². The number of sulfonamides is 1. The van der Waals surface area contributed by atoms with Crippen molar-refractivity contribution in [3.05, 3.63) is 54.0 Å². The van der Waals surface area contributed by atoms with Crippen molar-refractivity contribution in [3.63, 3.8) is 0 Å². The van der Waals surface area contributed by atoms with E-state index < -0.39 is 10.0 Å². The lowest BCUT2D eigenvalue weighted by atomic mass is 10.2. The minimum atomic E-state index is -3.52. The fourth-order valence-corrected chi connectivity index (χ4v) is 3.22. The van der Waals surface area contributed by atoms with Crippen LogP contribution in [0.15, 0.2) is 52.0 Å². The first-order valence-electron chi connectivity index (χ1n) is 7.16. The highest BCUT2D eigenvalue weighted by Gasteiger charge is 2.21. The Morgan fingerprint density at radius 1 is 1.29 bits per heavy atom. The average molecular weight is 354 g/mol. The van der Waals surface area contributed by atoms with Gasteiger partial charge in [0.25, 0.3) is 6.47 Å². The van der Waals surface area contributed by atoms with Crippen molar-refractivity contribution in [1.29, 1.82) is 0 Å². The lowest BCUT2D eigenvalue weighted by Crippen LogP contribution is -2.34. The van der Waals surface area contributed by atoms with Crippen LogP contribution in [-0.2, 0) is 14.8 Å². The molecule has 0 amide bonds. The molecule has 7 nitrogen and oxygen atoms in total. The SMILES string of the molecule is Cc1cccc(S(=O)(=O)NCC(c2ccco2)N(C)C)c1.O=CO. The van der Waals surface area contributed by atoms with Crippen molar-refractivity contribution >= 4 is 16.5 Å². The number of hydrogen-bond donors (Lipinski definition) is 2. The second-order valence-corrected chi connectivity index (χ2v) is 7.04. The zero-order valence-electron chi connectivity index (χ0n) is 13.8. The Bertz CT molecular complexity index is 727. The van der Waals surface area contributed by atoms with Gasteiger partial charge in [-0.2, -0.15) is 0 Å². The van der Waals surface area contributed by atoms with Gasteiger partial charge < -0.3 is 9.52 Å². The predicted octanol–water partition coefficient (Wildman–Crippen LogP) is 1.87. The number of carboxylic acid groups (broad SMARTS) is 1. The van der Waals surface area contributed by atoms with Crippen LogP contribution in [0, 0.1) is 6.92 Å². The van der Waals surface area contributed by atoms with Crippen LogP contribution < -0.4 is 4.72 Å². The summed E-state index contributed by atoms with van der Waals surface area (Å²) in [4.78, 5) is 10.6. The number of likely N-dealkylation sites (N-methyl/N-ethyl adjacent to an activating group) is 1. The molecule has 0 bridgehead atoms. The molecule has 1 heterocycles. The molecule has 132 valence electrons. The van der Waals surface area contributed by atoms with Gasteiger partial charge in [-0.25, -0.2) is 13.1 Å². The molecule has 1 aromatic carbocycles. The largest absolute Gasteiger partial charge is 0.483 e. The third-order valence-corrected chi connectivity index (χ3v) is 4.68. The standard InChI is InChI=1S/C15H20N2O3S.CH2O2/c1-12-6-4-7-13(10-12)21(18,19)16-11-14(17(2)3)15-8-5-9-20-15;2-1-3/h4-10,14,16H,11H2,1-3H3;1H,(H,2,3). The summed E-state index contributed by atoms with van der Waals surface area (Å²) in [6.07, 6.45) is 1.58. The van der Waals surface area contributed by atoms with Crippen LogP contribution in [-0.4, -0.2) is 45.5 Å². The van der Waals surface area contributed by atoms with E-state index in [0.717, 1.165) is 11.3 Å². The number of furan rings is 1. The van der Waals surface area contributed by atoms with Gasteiger partial charge >= 0.3 is 0 Å². The number of nitrogens with one attached hydrogen (secondary N) is 1. The maximum absolute atomic E-state index is 12.3. The molecule has 0 aliphatic carbocycles. The number of hydrogen-bond acceptors (Lipinski definition) is 5. The number of benzene rings is 1. The summed E-state index contributed by atoms with van der Waals surface area (Å²) in [5, 5.41) is 6.89. The lowest BCUT2D eigenvalue weighted by Gasteiger charge is -2.22. The maximum Gasteiger partial charge on any atom is 0.290 e. The Balaban J connectivity index is 0.000000891. The van der Waals surface area contributed by atoms with Gasteiger partial charge in [0.05, 0.1) is 17.2 Å². The summed E-state index contributed by atoms with van der Waals surface area (Å²) in [5.74, 6) is 0.729. The quantitative estimate of drug-likeness (QED) is 0.768. The first-order valence-corrected chi connectivity index (χ1v) is 8.64. The molecule has 1 atom stereocenters. The summed E-state index contributed by atoms with van der Waals surface area (Å²) in [6.45, 7) is 1.86. The molecular formula is C16H22N2O5S. The van der Waals surface area contributed by atoms with Crippen LogP contribution in [0.25, 0.3) is 0 Å². The van der Waals surface area contributed by atoms with E-state index in [-0.39, 0.29) is 24.0 Å². The Morgan fingerprint density at radius 3 is 2.46 bits per heavy atom. The Kier molecular flexibility index (Phi) is 7.63. The molecule has 24 heavy (non-hydrogen) atoms. The Labute approximate surface area is 142 Å². The number of rotatable bonds is 6. The van der Waals surface area contributed by atoms with Gasteiger partial charge in [-0.05, 0) is 50.8 Å². The third-order valence-electron chi connectivity index (χ3n) is 3.26. The van der Waals surface area contributed by atoms with Gasteiger partial charge in [0.15, 0.2) is 0 Å². The zero-order valence-corrected chi connectivity index (χ0v) is 14.7. The minimum absolute atomic E-state index is 0.153.